The van der Waals surface area contributed by atoms with Gasteiger partial charge in [-0.1, -0.05) is 54.1 Å². The van der Waals surface area contributed by atoms with Gasteiger partial charge in [0.15, 0.2) is 0 Å². The second kappa shape index (κ2) is 9.59. The van der Waals surface area contributed by atoms with Crippen molar-refractivity contribution in [1.29, 1.82) is 0 Å². The summed E-state index contributed by atoms with van der Waals surface area (Å²) >= 11 is 6.09. The fourth-order valence-electron chi connectivity index (χ4n) is 2.58. The Morgan fingerprint density at radius 3 is 2.38 bits per heavy atom. The molecule has 0 saturated carbocycles. The molecular formula is C19H23ClN2O3S. The third kappa shape index (κ3) is 6.35. The molecule has 0 bridgehead atoms. The van der Waals surface area contributed by atoms with Crippen molar-refractivity contribution in [3.63, 3.8) is 0 Å². The summed E-state index contributed by atoms with van der Waals surface area (Å²) < 4.78 is 25.3. The number of anilines is 1. The number of para-hydroxylation sites is 1. The van der Waals surface area contributed by atoms with Gasteiger partial charge < -0.3 is 5.32 Å². The highest BCUT2D eigenvalue weighted by atomic mass is 35.5. The smallest absolute Gasteiger partial charge is 0.232 e. The third-order valence-corrected chi connectivity index (χ3v) is 5.37. The van der Waals surface area contributed by atoms with Crippen LogP contribution in [0.4, 0.5) is 5.69 Å². The van der Waals surface area contributed by atoms with E-state index in [1.165, 1.54) is 9.87 Å². The Morgan fingerprint density at radius 1 is 1.08 bits per heavy atom. The van der Waals surface area contributed by atoms with E-state index in [1.54, 1.807) is 24.3 Å². The first kappa shape index (κ1) is 20.3. The van der Waals surface area contributed by atoms with Gasteiger partial charge in [-0.15, -0.1) is 0 Å². The molecule has 5 nitrogen and oxygen atoms in total. The van der Waals surface area contributed by atoms with E-state index in [0.717, 1.165) is 19.1 Å². The molecule has 2 aromatic carbocycles. The van der Waals surface area contributed by atoms with Crippen LogP contribution in [0, 0.1) is 0 Å². The number of carbonyl (C=O) groups excluding carboxylic acids is 1. The van der Waals surface area contributed by atoms with Gasteiger partial charge in [0.1, 0.15) is 0 Å². The fraction of sp³-hybridized carbons (Fsp3) is 0.316. The van der Waals surface area contributed by atoms with E-state index >= 15 is 0 Å². The standard InChI is InChI=1S/C19H23ClN2O3S/c1-26(24,25)22(18-12-6-5-11-17(18)20)15-13-19(23)21-14-7-10-16-8-3-2-4-9-16/h2-6,8-9,11-12H,7,10,13-15H2,1H3,(H,21,23). The van der Waals surface area contributed by atoms with Gasteiger partial charge in [0.25, 0.3) is 0 Å². The van der Waals surface area contributed by atoms with Gasteiger partial charge in [-0.2, -0.15) is 0 Å². The molecular weight excluding hydrogens is 372 g/mol. The summed E-state index contributed by atoms with van der Waals surface area (Å²) in [5, 5.41) is 3.17. The maximum Gasteiger partial charge on any atom is 0.232 e. The molecule has 0 unspecified atom stereocenters. The zero-order valence-electron chi connectivity index (χ0n) is 14.7. The Kier molecular flexibility index (Phi) is 7.48. The molecule has 0 radical (unpaired) electrons. The summed E-state index contributed by atoms with van der Waals surface area (Å²) in [4.78, 5) is 12.0. The molecule has 0 saturated heterocycles. The number of benzene rings is 2. The van der Waals surface area contributed by atoms with E-state index in [2.05, 4.69) is 17.4 Å². The molecule has 0 heterocycles. The minimum absolute atomic E-state index is 0.0487. The van der Waals surface area contributed by atoms with Gasteiger partial charge in [0, 0.05) is 19.5 Å². The van der Waals surface area contributed by atoms with E-state index in [1.807, 2.05) is 18.2 Å². The molecule has 0 aliphatic rings. The van der Waals surface area contributed by atoms with Crippen molar-refractivity contribution in [2.24, 2.45) is 0 Å². The van der Waals surface area contributed by atoms with Gasteiger partial charge in [0.2, 0.25) is 15.9 Å². The summed E-state index contributed by atoms with van der Waals surface area (Å²) in [5.41, 5.74) is 1.61. The normalized spacial score (nSPS) is 11.2. The number of hydrogen-bond acceptors (Lipinski definition) is 3. The van der Waals surface area contributed by atoms with Crippen molar-refractivity contribution >= 4 is 33.2 Å². The van der Waals surface area contributed by atoms with Crippen molar-refractivity contribution in [3.05, 3.63) is 65.2 Å². The Morgan fingerprint density at radius 2 is 1.73 bits per heavy atom. The molecule has 0 fully saturated rings. The molecule has 1 amide bonds. The molecule has 0 aliphatic heterocycles. The zero-order valence-corrected chi connectivity index (χ0v) is 16.3. The second-order valence-electron chi connectivity index (χ2n) is 5.98. The summed E-state index contributed by atoms with van der Waals surface area (Å²) in [7, 11) is -3.53. The molecule has 0 aromatic heterocycles. The lowest BCUT2D eigenvalue weighted by molar-refractivity contribution is -0.120. The lowest BCUT2D eigenvalue weighted by Gasteiger charge is -2.23. The van der Waals surface area contributed by atoms with Gasteiger partial charge >= 0.3 is 0 Å². The van der Waals surface area contributed by atoms with Crippen molar-refractivity contribution in [1.82, 2.24) is 5.32 Å². The van der Waals surface area contributed by atoms with Crippen LogP contribution in [0.2, 0.25) is 5.02 Å². The highest BCUT2D eigenvalue weighted by Gasteiger charge is 2.20. The van der Waals surface area contributed by atoms with Crippen LogP contribution < -0.4 is 9.62 Å². The van der Waals surface area contributed by atoms with E-state index in [0.29, 0.717) is 17.3 Å². The van der Waals surface area contributed by atoms with E-state index in [-0.39, 0.29) is 18.9 Å². The van der Waals surface area contributed by atoms with E-state index in [9.17, 15) is 13.2 Å². The molecule has 0 aliphatic carbocycles. The van der Waals surface area contributed by atoms with Crippen LogP contribution in [0.1, 0.15) is 18.4 Å². The maximum absolute atomic E-state index is 12.0. The predicted molar refractivity (Wildman–Crippen MR) is 106 cm³/mol. The van der Waals surface area contributed by atoms with Crippen LogP contribution in [0.3, 0.4) is 0 Å². The number of nitrogens with one attached hydrogen (secondary N) is 1. The van der Waals surface area contributed by atoms with Gasteiger partial charge in [-0.3, -0.25) is 9.10 Å². The Labute approximate surface area is 160 Å². The lowest BCUT2D eigenvalue weighted by Crippen LogP contribution is -2.35. The number of carbonyl (C=O) groups is 1. The molecule has 0 atom stereocenters. The van der Waals surface area contributed by atoms with Gasteiger partial charge in [-0.25, -0.2) is 8.42 Å². The Bertz CT molecular complexity index is 826. The fourth-order valence-corrected chi connectivity index (χ4v) is 3.80. The SMILES string of the molecule is CS(=O)(=O)N(CCC(=O)NCCCc1ccccc1)c1ccccc1Cl. The Hall–Kier alpha value is -2.05. The first-order valence-corrected chi connectivity index (χ1v) is 10.6. The van der Waals surface area contributed by atoms with Crippen LogP contribution in [0.5, 0.6) is 0 Å². The maximum atomic E-state index is 12.0. The van der Waals surface area contributed by atoms with E-state index < -0.39 is 10.0 Å². The number of rotatable bonds is 9. The first-order chi connectivity index (χ1) is 12.4. The zero-order chi connectivity index (χ0) is 19.0. The predicted octanol–water partition coefficient (Wildman–Crippen LogP) is 3.25. The van der Waals surface area contributed by atoms with Crippen LogP contribution >= 0.6 is 11.6 Å². The van der Waals surface area contributed by atoms with Crippen molar-refractivity contribution in [3.8, 4) is 0 Å². The van der Waals surface area contributed by atoms with Crippen molar-refractivity contribution in [2.75, 3.05) is 23.7 Å². The number of halogens is 1. The number of sulfonamides is 1. The molecule has 2 rings (SSSR count). The van der Waals surface area contributed by atoms with Crippen molar-refractivity contribution < 1.29 is 13.2 Å². The van der Waals surface area contributed by atoms with Crippen molar-refractivity contribution in [2.45, 2.75) is 19.3 Å². The average molecular weight is 395 g/mol. The van der Waals surface area contributed by atoms with Gasteiger partial charge in [-0.05, 0) is 30.5 Å². The topological polar surface area (TPSA) is 66.5 Å². The quantitative estimate of drug-likeness (QED) is 0.664. The largest absolute Gasteiger partial charge is 0.356 e. The summed E-state index contributed by atoms with van der Waals surface area (Å²) in [6.07, 6.45) is 2.89. The summed E-state index contributed by atoms with van der Waals surface area (Å²) in [6, 6.07) is 16.7. The monoisotopic (exact) mass is 394 g/mol. The Balaban J connectivity index is 1.83. The molecule has 0 spiro atoms. The van der Waals surface area contributed by atoms with Crippen LogP contribution in [0.15, 0.2) is 54.6 Å². The lowest BCUT2D eigenvalue weighted by atomic mass is 10.1. The number of aryl methyl sites for hydroxylation is 1. The average Bonchev–Trinajstić information content (AvgIpc) is 2.60. The van der Waals surface area contributed by atoms with Gasteiger partial charge in [0.05, 0.1) is 17.0 Å². The third-order valence-electron chi connectivity index (χ3n) is 3.87. The number of hydrogen-bond donors (Lipinski definition) is 1. The molecule has 26 heavy (non-hydrogen) atoms. The van der Waals surface area contributed by atoms with Crippen LogP contribution in [-0.2, 0) is 21.2 Å². The van der Waals surface area contributed by atoms with E-state index in [4.69, 9.17) is 11.6 Å². The minimum Gasteiger partial charge on any atom is -0.356 e. The molecule has 140 valence electrons. The van der Waals surface area contributed by atoms with Crippen LogP contribution in [0.25, 0.3) is 0 Å². The highest BCUT2D eigenvalue weighted by molar-refractivity contribution is 7.92. The summed E-state index contributed by atoms with van der Waals surface area (Å²) in [5.74, 6) is -0.182. The molecule has 1 N–H and O–H groups in total. The van der Waals surface area contributed by atoms with Crippen LogP contribution in [-0.4, -0.2) is 33.7 Å². The minimum atomic E-state index is -3.53. The highest BCUT2D eigenvalue weighted by Crippen LogP contribution is 2.27. The number of amides is 1. The molecule has 7 heteroatoms. The second-order valence-corrected chi connectivity index (χ2v) is 8.29. The first-order valence-electron chi connectivity index (χ1n) is 8.41. The molecule has 2 aromatic rings. The number of nitrogens with zero attached hydrogens (tertiary/aromatic N) is 1. The summed E-state index contributed by atoms with van der Waals surface area (Å²) in [6.45, 7) is 0.603.